The predicted octanol–water partition coefficient (Wildman–Crippen LogP) is 2.02. The molecule has 0 aromatic heterocycles. The van der Waals surface area contributed by atoms with E-state index in [-0.39, 0.29) is 18.2 Å². The van der Waals surface area contributed by atoms with E-state index < -0.39 is 12.0 Å². The molecule has 1 unspecified atom stereocenters. The van der Waals surface area contributed by atoms with Gasteiger partial charge in [-0.25, -0.2) is 0 Å². The Morgan fingerprint density at radius 3 is 2.39 bits per heavy atom. The van der Waals surface area contributed by atoms with Crippen LogP contribution in [0, 0.1) is 0 Å². The van der Waals surface area contributed by atoms with Gasteiger partial charge in [0, 0.05) is 19.9 Å². The van der Waals surface area contributed by atoms with Crippen LogP contribution < -0.4 is 10.6 Å². The van der Waals surface area contributed by atoms with Crippen LogP contribution in [-0.2, 0) is 14.4 Å². The van der Waals surface area contributed by atoms with Gasteiger partial charge in [0.1, 0.15) is 0 Å². The minimum Gasteiger partial charge on any atom is -0.481 e. The maximum absolute atomic E-state index is 12.0. The second-order valence-electron chi connectivity index (χ2n) is 5.42. The highest BCUT2D eigenvalue weighted by Crippen LogP contribution is 2.17. The number of unbranched alkanes of at least 4 members (excludes halogenated alkanes) is 2. The maximum Gasteiger partial charge on any atom is 0.305 e. The molecule has 1 aromatic carbocycles. The molecule has 0 aliphatic rings. The van der Waals surface area contributed by atoms with E-state index in [1.165, 1.54) is 6.92 Å². The molecule has 0 aliphatic carbocycles. The van der Waals surface area contributed by atoms with Crippen molar-refractivity contribution in [3.63, 3.8) is 0 Å². The lowest BCUT2D eigenvalue weighted by Crippen LogP contribution is -2.30. The van der Waals surface area contributed by atoms with Crippen molar-refractivity contribution in [1.29, 1.82) is 0 Å². The number of carboxylic acid groups (broad SMARTS) is 1. The number of hydrogen-bond acceptors (Lipinski definition) is 3. The molecule has 0 spiro atoms. The molecule has 0 fully saturated rings. The first-order chi connectivity index (χ1) is 11.0. The second kappa shape index (κ2) is 10.4. The zero-order chi connectivity index (χ0) is 17.1. The number of aliphatic carboxylic acids is 1. The Morgan fingerprint density at radius 1 is 1.09 bits per heavy atom. The third kappa shape index (κ3) is 8.60. The Morgan fingerprint density at radius 2 is 1.78 bits per heavy atom. The third-order valence-corrected chi connectivity index (χ3v) is 3.37. The first-order valence-electron chi connectivity index (χ1n) is 7.79. The molecule has 0 radical (unpaired) electrons. The predicted molar refractivity (Wildman–Crippen MR) is 86.7 cm³/mol. The minimum absolute atomic E-state index is 0.0536. The van der Waals surface area contributed by atoms with E-state index in [1.54, 1.807) is 12.1 Å². The van der Waals surface area contributed by atoms with E-state index in [9.17, 15) is 14.4 Å². The van der Waals surface area contributed by atoms with E-state index in [1.807, 2.05) is 18.2 Å². The van der Waals surface area contributed by atoms with Crippen molar-refractivity contribution in [2.75, 3.05) is 6.54 Å². The van der Waals surface area contributed by atoms with Gasteiger partial charge in [0.05, 0.1) is 12.5 Å². The van der Waals surface area contributed by atoms with Gasteiger partial charge in [-0.2, -0.15) is 0 Å². The van der Waals surface area contributed by atoms with Crippen molar-refractivity contribution >= 4 is 17.8 Å². The zero-order valence-corrected chi connectivity index (χ0v) is 13.4. The molecule has 1 aromatic rings. The van der Waals surface area contributed by atoms with Crippen LogP contribution in [0.25, 0.3) is 0 Å². The van der Waals surface area contributed by atoms with Gasteiger partial charge in [-0.3, -0.25) is 14.4 Å². The van der Waals surface area contributed by atoms with Gasteiger partial charge in [-0.05, 0) is 18.4 Å². The molecule has 126 valence electrons. The monoisotopic (exact) mass is 320 g/mol. The topological polar surface area (TPSA) is 95.5 Å². The lowest BCUT2D eigenvalue weighted by Gasteiger charge is -2.17. The second-order valence-corrected chi connectivity index (χ2v) is 5.42. The molecule has 1 rings (SSSR count). The third-order valence-electron chi connectivity index (χ3n) is 3.37. The average molecular weight is 320 g/mol. The molecular weight excluding hydrogens is 296 g/mol. The smallest absolute Gasteiger partial charge is 0.305 e. The summed E-state index contributed by atoms with van der Waals surface area (Å²) in [5, 5.41) is 14.5. The van der Waals surface area contributed by atoms with Gasteiger partial charge in [0.15, 0.2) is 0 Å². The summed E-state index contributed by atoms with van der Waals surface area (Å²) in [7, 11) is 0. The average Bonchev–Trinajstić information content (AvgIpc) is 2.50. The number of carbonyl (C=O) groups is 3. The minimum atomic E-state index is -0.950. The fraction of sp³-hybridized carbons (Fsp3) is 0.471. The summed E-state index contributed by atoms with van der Waals surface area (Å²) in [5.74, 6) is -1.16. The number of rotatable bonds is 10. The summed E-state index contributed by atoms with van der Waals surface area (Å²) in [5.41, 5.74) is 0.786. The highest BCUT2D eigenvalue weighted by molar-refractivity contribution is 5.77. The van der Waals surface area contributed by atoms with Gasteiger partial charge < -0.3 is 15.7 Å². The highest BCUT2D eigenvalue weighted by atomic mass is 16.4. The Labute approximate surface area is 136 Å². The van der Waals surface area contributed by atoms with Crippen molar-refractivity contribution in [3.05, 3.63) is 35.9 Å². The molecular formula is C17H24N2O4. The molecule has 23 heavy (non-hydrogen) atoms. The molecule has 6 heteroatoms. The first-order valence-corrected chi connectivity index (χ1v) is 7.79. The number of benzene rings is 1. The molecule has 3 N–H and O–H groups in total. The Hall–Kier alpha value is -2.37. The van der Waals surface area contributed by atoms with E-state index >= 15 is 0 Å². The summed E-state index contributed by atoms with van der Waals surface area (Å²) in [6.07, 6.45) is 2.58. The van der Waals surface area contributed by atoms with Crippen LogP contribution in [0.3, 0.4) is 0 Å². The van der Waals surface area contributed by atoms with E-state index in [4.69, 9.17) is 5.11 Å². The fourth-order valence-electron chi connectivity index (χ4n) is 2.23. The molecule has 0 saturated heterocycles. The van der Waals surface area contributed by atoms with Gasteiger partial charge in [0.2, 0.25) is 11.8 Å². The fourth-order valence-corrected chi connectivity index (χ4v) is 2.23. The van der Waals surface area contributed by atoms with E-state index in [0.717, 1.165) is 18.4 Å². The van der Waals surface area contributed by atoms with Crippen LogP contribution in [0.2, 0.25) is 0 Å². The van der Waals surface area contributed by atoms with Gasteiger partial charge >= 0.3 is 5.97 Å². The number of carboxylic acids is 1. The van der Waals surface area contributed by atoms with Crippen LogP contribution in [0.5, 0.6) is 0 Å². The van der Waals surface area contributed by atoms with E-state index in [2.05, 4.69) is 10.6 Å². The molecule has 6 nitrogen and oxygen atoms in total. The summed E-state index contributed by atoms with van der Waals surface area (Å²) >= 11 is 0. The summed E-state index contributed by atoms with van der Waals surface area (Å²) < 4.78 is 0. The summed E-state index contributed by atoms with van der Waals surface area (Å²) in [6, 6.07) is 8.58. The van der Waals surface area contributed by atoms with Gasteiger partial charge in [0.25, 0.3) is 0 Å². The first kappa shape index (κ1) is 18.7. The van der Waals surface area contributed by atoms with Crippen LogP contribution >= 0.6 is 0 Å². The van der Waals surface area contributed by atoms with E-state index in [0.29, 0.717) is 19.4 Å². The van der Waals surface area contributed by atoms with Crippen LogP contribution in [0.4, 0.5) is 0 Å². The number of nitrogens with one attached hydrogen (secondary N) is 2. The number of hydrogen-bond donors (Lipinski definition) is 3. The van der Waals surface area contributed by atoms with Crippen molar-refractivity contribution in [3.8, 4) is 0 Å². The largest absolute Gasteiger partial charge is 0.481 e. The highest BCUT2D eigenvalue weighted by Gasteiger charge is 2.17. The Kier molecular flexibility index (Phi) is 8.42. The molecule has 0 heterocycles. The summed E-state index contributed by atoms with van der Waals surface area (Å²) in [4.78, 5) is 33.6. The Bertz CT molecular complexity index is 517. The maximum atomic E-state index is 12.0. The quantitative estimate of drug-likeness (QED) is 0.575. The number of carbonyl (C=O) groups excluding carboxylic acids is 2. The molecule has 1 atom stereocenters. The van der Waals surface area contributed by atoms with Crippen LogP contribution in [-0.4, -0.2) is 29.4 Å². The number of amides is 2. The van der Waals surface area contributed by atoms with Crippen molar-refractivity contribution < 1.29 is 19.5 Å². The van der Waals surface area contributed by atoms with Gasteiger partial charge in [-0.15, -0.1) is 0 Å². The summed E-state index contributed by atoms with van der Waals surface area (Å²) in [6.45, 7) is 2.09. The molecule has 0 saturated carbocycles. The van der Waals surface area contributed by atoms with Crippen LogP contribution in [0.15, 0.2) is 30.3 Å². The van der Waals surface area contributed by atoms with Gasteiger partial charge in [-0.1, -0.05) is 36.8 Å². The molecule has 0 aliphatic heterocycles. The molecule has 0 bridgehead atoms. The zero-order valence-electron chi connectivity index (χ0n) is 13.4. The Balaban J connectivity index is 2.36. The lowest BCUT2D eigenvalue weighted by molar-refractivity contribution is -0.137. The normalized spacial score (nSPS) is 11.5. The molecule has 2 amide bonds. The standard InChI is InChI=1S/C17H24N2O4/c1-13(20)18-11-7-3-6-10-16(21)19-15(12-17(22)23)14-8-4-2-5-9-14/h2,4-5,8-9,15H,3,6-7,10-12H2,1H3,(H,18,20)(H,19,21)(H,22,23). The van der Waals surface area contributed by atoms with Crippen LogP contribution in [0.1, 0.15) is 50.6 Å². The van der Waals surface area contributed by atoms with Crippen molar-refractivity contribution in [1.82, 2.24) is 10.6 Å². The van der Waals surface area contributed by atoms with Crippen molar-refractivity contribution in [2.45, 2.75) is 45.1 Å². The SMILES string of the molecule is CC(=O)NCCCCCC(=O)NC(CC(=O)O)c1ccccc1. The van der Waals surface area contributed by atoms with Crippen molar-refractivity contribution in [2.24, 2.45) is 0 Å². The lowest BCUT2D eigenvalue weighted by atomic mass is 10.0.